The summed E-state index contributed by atoms with van der Waals surface area (Å²) in [6.07, 6.45) is 2.36. The maximum atomic E-state index is 5.92. The van der Waals surface area contributed by atoms with Crippen molar-refractivity contribution in [3.63, 3.8) is 0 Å². The van der Waals surface area contributed by atoms with Gasteiger partial charge >= 0.3 is 0 Å². The summed E-state index contributed by atoms with van der Waals surface area (Å²) in [6, 6.07) is 6.00. The van der Waals surface area contributed by atoms with Gasteiger partial charge in [0.1, 0.15) is 5.75 Å². The van der Waals surface area contributed by atoms with Gasteiger partial charge in [0, 0.05) is 22.4 Å². The Morgan fingerprint density at radius 2 is 2.25 bits per heavy atom. The summed E-state index contributed by atoms with van der Waals surface area (Å²) >= 11 is 9.46. The molecule has 0 atom stereocenters. The van der Waals surface area contributed by atoms with E-state index in [1.165, 1.54) is 18.4 Å². The van der Waals surface area contributed by atoms with E-state index in [2.05, 4.69) is 21.2 Å². The van der Waals surface area contributed by atoms with Crippen molar-refractivity contribution in [2.45, 2.75) is 24.9 Å². The second kappa shape index (κ2) is 4.94. The Balaban J connectivity index is 2.03. The third kappa shape index (κ3) is 2.70. The van der Waals surface area contributed by atoms with Gasteiger partial charge in [-0.3, -0.25) is 0 Å². The van der Waals surface area contributed by atoms with Crippen molar-refractivity contribution < 1.29 is 4.74 Å². The van der Waals surface area contributed by atoms with Gasteiger partial charge < -0.3 is 10.1 Å². The third-order valence-corrected chi connectivity index (χ3v) is 4.30. The standard InChI is InChI=1S/C12H15BrClNO/c1-16-10-2-3-11(13)9(6-10)7-15-12(8-14)4-5-12/h2-3,6,15H,4-5,7-8H2,1H3. The van der Waals surface area contributed by atoms with Crippen LogP contribution in [-0.4, -0.2) is 18.5 Å². The molecule has 4 heteroatoms. The van der Waals surface area contributed by atoms with Gasteiger partial charge in [0.05, 0.1) is 7.11 Å². The van der Waals surface area contributed by atoms with Crippen LogP contribution in [0.2, 0.25) is 0 Å². The highest BCUT2D eigenvalue weighted by atomic mass is 79.9. The first-order valence-corrected chi connectivity index (χ1v) is 6.65. The minimum absolute atomic E-state index is 0.185. The van der Waals surface area contributed by atoms with Crippen LogP contribution in [0, 0.1) is 0 Å². The predicted octanol–water partition coefficient (Wildman–Crippen LogP) is 3.32. The van der Waals surface area contributed by atoms with Gasteiger partial charge in [0.2, 0.25) is 0 Å². The number of methoxy groups -OCH3 is 1. The first-order valence-electron chi connectivity index (χ1n) is 5.32. The minimum Gasteiger partial charge on any atom is -0.497 e. The summed E-state index contributed by atoms with van der Waals surface area (Å²) in [5.74, 6) is 1.57. The fourth-order valence-corrected chi connectivity index (χ4v) is 2.35. The van der Waals surface area contributed by atoms with Crippen LogP contribution in [-0.2, 0) is 6.54 Å². The average molecular weight is 305 g/mol. The van der Waals surface area contributed by atoms with Crippen molar-refractivity contribution in [3.8, 4) is 5.75 Å². The lowest BCUT2D eigenvalue weighted by molar-refractivity contribution is 0.413. The maximum Gasteiger partial charge on any atom is 0.119 e. The number of alkyl halides is 1. The zero-order valence-electron chi connectivity index (χ0n) is 9.22. The van der Waals surface area contributed by atoms with Crippen molar-refractivity contribution >= 4 is 27.5 Å². The number of hydrogen-bond acceptors (Lipinski definition) is 2. The minimum atomic E-state index is 0.185. The Labute approximate surface area is 109 Å². The molecule has 0 amide bonds. The van der Waals surface area contributed by atoms with E-state index in [1.807, 2.05) is 18.2 Å². The molecule has 0 aliphatic heterocycles. The lowest BCUT2D eigenvalue weighted by Crippen LogP contribution is -2.32. The van der Waals surface area contributed by atoms with Crippen molar-refractivity contribution in [2.75, 3.05) is 13.0 Å². The number of rotatable bonds is 5. The van der Waals surface area contributed by atoms with Crippen LogP contribution >= 0.6 is 27.5 Å². The predicted molar refractivity (Wildman–Crippen MR) is 70.2 cm³/mol. The summed E-state index contributed by atoms with van der Waals surface area (Å²) in [6.45, 7) is 0.824. The highest BCUT2D eigenvalue weighted by Gasteiger charge is 2.41. The molecule has 2 nitrogen and oxygen atoms in total. The van der Waals surface area contributed by atoms with Crippen molar-refractivity contribution in [1.29, 1.82) is 0 Å². The van der Waals surface area contributed by atoms with E-state index in [0.717, 1.165) is 16.8 Å². The third-order valence-electron chi connectivity index (χ3n) is 3.02. The molecule has 1 aromatic carbocycles. The Hall–Kier alpha value is -0.250. The van der Waals surface area contributed by atoms with Crippen LogP contribution in [0.5, 0.6) is 5.75 Å². The zero-order valence-corrected chi connectivity index (χ0v) is 11.6. The molecule has 1 fully saturated rings. The van der Waals surface area contributed by atoms with Gasteiger partial charge in [-0.25, -0.2) is 0 Å². The fraction of sp³-hybridized carbons (Fsp3) is 0.500. The summed E-state index contributed by atoms with van der Waals surface area (Å²) in [7, 11) is 1.68. The SMILES string of the molecule is COc1ccc(Br)c(CNC2(CCl)CC2)c1. The molecule has 0 radical (unpaired) electrons. The number of halogens is 2. The first kappa shape index (κ1) is 12.2. The zero-order chi connectivity index (χ0) is 11.6. The molecule has 2 rings (SSSR count). The van der Waals surface area contributed by atoms with Crippen molar-refractivity contribution in [2.24, 2.45) is 0 Å². The molecule has 1 aliphatic rings. The van der Waals surface area contributed by atoms with E-state index in [4.69, 9.17) is 16.3 Å². The van der Waals surface area contributed by atoms with E-state index in [0.29, 0.717) is 5.88 Å². The van der Waals surface area contributed by atoms with E-state index in [-0.39, 0.29) is 5.54 Å². The molecule has 16 heavy (non-hydrogen) atoms. The summed E-state index contributed by atoms with van der Waals surface area (Å²) in [4.78, 5) is 0. The smallest absolute Gasteiger partial charge is 0.119 e. The van der Waals surface area contributed by atoms with E-state index in [9.17, 15) is 0 Å². The normalized spacial score (nSPS) is 17.2. The number of nitrogens with one attached hydrogen (secondary N) is 1. The molecule has 1 aliphatic carbocycles. The molecule has 0 aromatic heterocycles. The van der Waals surface area contributed by atoms with Crippen LogP contribution in [0.4, 0.5) is 0 Å². The molecular weight excluding hydrogens is 289 g/mol. The maximum absolute atomic E-state index is 5.92. The highest BCUT2D eigenvalue weighted by molar-refractivity contribution is 9.10. The van der Waals surface area contributed by atoms with Crippen LogP contribution in [0.15, 0.2) is 22.7 Å². The monoisotopic (exact) mass is 303 g/mol. The second-order valence-electron chi connectivity index (χ2n) is 4.22. The number of benzene rings is 1. The molecule has 1 aromatic rings. The van der Waals surface area contributed by atoms with Crippen LogP contribution in [0.3, 0.4) is 0 Å². The van der Waals surface area contributed by atoms with Crippen molar-refractivity contribution in [3.05, 3.63) is 28.2 Å². The van der Waals surface area contributed by atoms with E-state index < -0.39 is 0 Å². The lowest BCUT2D eigenvalue weighted by Gasteiger charge is -2.15. The quantitative estimate of drug-likeness (QED) is 0.843. The van der Waals surface area contributed by atoms with Gasteiger partial charge in [-0.05, 0) is 36.6 Å². The molecular formula is C12H15BrClNO. The van der Waals surface area contributed by atoms with Gasteiger partial charge in [-0.15, -0.1) is 11.6 Å². The molecule has 88 valence electrons. The fourth-order valence-electron chi connectivity index (χ4n) is 1.60. The number of ether oxygens (including phenoxy) is 1. The summed E-state index contributed by atoms with van der Waals surface area (Å²) < 4.78 is 6.31. The van der Waals surface area contributed by atoms with E-state index >= 15 is 0 Å². The molecule has 0 bridgehead atoms. The average Bonchev–Trinajstić information content (AvgIpc) is 3.09. The molecule has 0 spiro atoms. The molecule has 0 saturated heterocycles. The van der Waals surface area contributed by atoms with Gasteiger partial charge in [0.15, 0.2) is 0 Å². The topological polar surface area (TPSA) is 21.3 Å². The summed E-state index contributed by atoms with van der Waals surface area (Å²) in [5, 5.41) is 3.51. The van der Waals surface area contributed by atoms with Crippen LogP contribution in [0.1, 0.15) is 18.4 Å². The molecule has 0 heterocycles. The Morgan fingerprint density at radius 1 is 1.50 bits per heavy atom. The Bertz CT molecular complexity index is 379. The Morgan fingerprint density at radius 3 is 2.81 bits per heavy atom. The van der Waals surface area contributed by atoms with Gasteiger partial charge in [-0.1, -0.05) is 15.9 Å². The highest BCUT2D eigenvalue weighted by Crippen LogP contribution is 2.37. The largest absolute Gasteiger partial charge is 0.497 e. The Kier molecular flexibility index (Phi) is 3.77. The molecule has 0 unspecified atom stereocenters. The number of hydrogen-bond donors (Lipinski definition) is 1. The van der Waals surface area contributed by atoms with Crippen LogP contribution < -0.4 is 10.1 Å². The molecule has 1 N–H and O–H groups in total. The van der Waals surface area contributed by atoms with Gasteiger partial charge in [0.25, 0.3) is 0 Å². The van der Waals surface area contributed by atoms with Crippen LogP contribution in [0.25, 0.3) is 0 Å². The summed E-state index contributed by atoms with van der Waals surface area (Å²) in [5.41, 5.74) is 1.39. The van der Waals surface area contributed by atoms with Crippen molar-refractivity contribution in [1.82, 2.24) is 5.32 Å². The molecule has 1 saturated carbocycles. The first-order chi connectivity index (χ1) is 7.69. The second-order valence-corrected chi connectivity index (χ2v) is 5.35. The van der Waals surface area contributed by atoms with E-state index in [1.54, 1.807) is 7.11 Å². The lowest BCUT2D eigenvalue weighted by atomic mass is 10.2. The van der Waals surface area contributed by atoms with Gasteiger partial charge in [-0.2, -0.15) is 0 Å².